The third-order valence-corrected chi connectivity index (χ3v) is 5.48. The second-order valence-electron chi connectivity index (χ2n) is 6.16. The first-order valence-electron chi connectivity index (χ1n) is 8.16. The van der Waals surface area contributed by atoms with Crippen molar-refractivity contribution in [1.29, 1.82) is 0 Å². The van der Waals surface area contributed by atoms with E-state index >= 15 is 0 Å². The van der Waals surface area contributed by atoms with Gasteiger partial charge in [0.2, 0.25) is 5.60 Å². The van der Waals surface area contributed by atoms with Crippen molar-refractivity contribution in [3.8, 4) is 0 Å². The molecule has 0 aliphatic heterocycles. The number of aromatic nitrogens is 4. The first-order chi connectivity index (χ1) is 13.3. The summed E-state index contributed by atoms with van der Waals surface area (Å²) in [4.78, 5) is 7.97. The molecule has 144 valence electrons. The number of nitrogens with two attached hydrogens (primary N) is 1. The normalized spacial score (nSPS) is 14.3. The number of rotatable bonds is 4. The van der Waals surface area contributed by atoms with E-state index in [1.54, 1.807) is 48.8 Å². The zero-order valence-electron chi connectivity index (χ0n) is 14.3. The average Bonchev–Trinajstić information content (AvgIpc) is 3.26. The van der Waals surface area contributed by atoms with Crippen LogP contribution >= 0.6 is 11.3 Å². The lowest BCUT2D eigenvalue weighted by Crippen LogP contribution is -2.43. The quantitative estimate of drug-likeness (QED) is 0.544. The van der Waals surface area contributed by atoms with Gasteiger partial charge in [-0.25, -0.2) is 9.67 Å². The van der Waals surface area contributed by atoms with E-state index in [0.29, 0.717) is 15.8 Å². The van der Waals surface area contributed by atoms with Crippen LogP contribution in [0.25, 0.3) is 10.2 Å². The Labute approximate surface area is 161 Å². The largest absolute Gasteiger partial charge is 0.428 e. The molecule has 28 heavy (non-hydrogen) atoms. The van der Waals surface area contributed by atoms with Gasteiger partial charge in [0.1, 0.15) is 10.8 Å². The van der Waals surface area contributed by atoms with E-state index in [4.69, 9.17) is 5.73 Å². The van der Waals surface area contributed by atoms with Gasteiger partial charge < -0.3 is 10.8 Å². The Balaban J connectivity index is 1.83. The zero-order chi connectivity index (χ0) is 19.9. The van der Waals surface area contributed by atoms with Gasteiger partial charge in [0, 0.05) is 12.4 Å². The Morgan fingerprint density at radius 1 is 1.11 bits per heavy atom. The second kappa shape index (κ2) is 6.57. The molecule has 3 aromatic heterocycles. The molecule has 6 nitrogen and oxygen atoms in total. The Hall–Kier alpha value is -2.98. The zero-order valence-corrected chi connectivity index (χ0v) is 15.1. The van der Waals surface area contributed by atoms with Crippen LogP contribution in [0.5, 0.6) is 0 Å². The summed E-state index contributed by atoms with van der Waals surface area (Å²) in [5, 5.41) is 14.3. The van der Waals surface area contributed by atoms with Gasteiger partial charge in [-0.2, -0.15) is 18.3 Å². The van der Waals surface area contributed by atoms with Crippen LogP contribution in [0.1, 0.15) is 16.1 Å². The van der Waals surface area contributed by atoms with Crippen LogP contribution in [0.3, 0.4) is 0 Å². The van der Waals surface area contributed by atoms with Crippen LogP contribution in [0, 0.1) is 0 Å². The molecule has 1 aromatic carbocycles. The summed E-state index contributed by atoms with van der Waals surface area (Å²) < 4.78 is 43.8. The third-order valence-electron chi connectivity index (χ3n) is 4.34. The third kappa shape index (κ3) is 2.90. The van der Waals surface area contributed by atoms with E-state index in [9.17, 15) is 18.3 Å². The van der Waals surface area contributed by atoms with Crippen molar-refractivity contribution in [1.82, 2.24) is 19.7 Å². The van der Waals surface area contributed by atoms with E-state index in [1.165, 1.54) is 4.68 Å². The van der Waals surface area contributed by atoms with E-state index in [-0.39, 0.29) is 12.4 Å². The van der Waals surface area contributed by atoms with Crippen LogP contribution in [-0.2, 0) is 12.1 Å². The first kappa shape index (κ1) is 18.4. The van der Waals surface area contributed by atoms with E-state index in [0.717, 1.165) is 17.5 Å². The summed E-state index contributed by atoms with van der Waals surface area (Å²) in [6.45, 7) is 0.119. The lowest BCUT2D eigenvalue weighted by molar-refractivity contribution is -0.248. The smallest absolute Gasteiger partial charge is 0.384 e. The minimum Gasteiger partial charge on any atom is -0.384 e. The Kier molecular flexibility index (Phi) is 4.31. The molecule has 3 heterocycles. The molecule has 4 aromatic rings. The highest BCUT2D eigenvalue weighted by molar-refractivity contribution is 7.18. The molecule has 0 radical (unpaired) electrons. The number of para-hydroxylation sites is 1. The molecule has 0 fully saturated rings. The van der Waals surface area contributed by atoms with Gasteiger partial charge in [-0.15, -0.1) is 11.3 Å². The lowest BCUT2D eigenvalue weighted by Gasteiger charge is -2.28. The van der Waals surface area contributed by atoms with Crippen molar-refractivity contribution in [3.05, 3.63) is 71.1 Å². The van der Waals surface area contributed by atoms with Gasteiger partial charge in [-0.1, -0.05) is 18.2 Å². The minimum absolute atomic E-state index is 0.119. The molecule has 1 unspecified atom stereocenters. The molecule has 3 N–H and O–H groups in total. The summed E-state index contributed by atoms with van der Waals surface area (Å²) in [6.07, 6.45) is -0.969. The predicted molar refractivity (Wildman–Crippen MR) is 98.7 cm³/mol. The Bertz CT molecular complexity index is 1090. The molecule has 0 spiro atoms. The Morgan fingerprint density at radius 2 is 1.89 bits per heavy atom. The fourth-order valence-electron chi connectivity index (χ4n) is 2.88. The second-order valence-corrected chi connectivity index (χ2v) is 7.19. The molecule has 0 bridgehead atoms. The van der Waals surface area contributed by atoms with Crippen molar-refractivity contribution in [2.45, 2.75) is 18.3 Å². The van der Waals surface area contributed by atoms with Crippen LogP contribution in [-0.4, -0.2) is 31.0 Å². The molecule has 0 saturated carbocycles. The maximum absolute atomic E-state index is 14.0. The van der Waals surface area contributed by atoms with Crippen molar-refractivity contribution in [2.24, 2.45) is 0 Å². The van der Waals surface area contributed by atoms with Crippen molar-refractivity contribution < 1.29 is 18.3 Å². The van der Waals surface area contributed by atoms with Crippen molar-refractivity contribution in [2.75, 3.05) is 5.73 Å². The number of fused-ring (bicyclic) bond motifs is 1. The minimum atomic E-state index is -5.04. The summed E-state index contributed by atoms with van der Waals surface area (Å²) in [5.41, 5.74) is 3.12. The number of nitrogens with zero attached hydrogens (tertiary/aromatic N) is 4. The number of hydrogen-bond acceptors (Lipinski definition) is 6. The van der Waals surface area contributed by atoms with Crippen LogP contribution in [0.2, 0.25) is 0 Å². The fourth-order valence-corrected chi connectivity index (χ4v) is 3.97. The molecule has 1 atom stereocenters. The first-order valence-corrected chi connectivity index (χ1v) is 8.98. The van der Waals surface area contributed by atoms with Crippen LogP contribution < -0.4 is 5.73 Å². The molecule has 0 aliphatic carbocycles. The number of thiazole rings is 1. The molecule has 4 rings (SSSR count). The number of anilines is 1. The van der Waals surface area contributed by atoms with Crippen LogP contribution in [0.15, 0.2) is 55.0 Å². The molecular weight excluding hydrogens is 391 g/mol. The van der Waals surface area contributed by atoms with Crippen LogP contribution in [0.4, 0.5) is 19.0 Å². The summed E-state index contributed by atoms with van der Waals surface area (Å²) in [7, 11) is 0. The van der Waals surface area contributed by atoms with E-state index in [1.807, 2.05) is 0 Å². The van der Waals surface area contributed by atoms with Gasteiger partial charge in [0.25, 0.3) is 0 Å². The average molecular weight is 405 g/mol. The SMILES string of the molecule is Nc1c(C(O)(c2nc3ccccc3s2)C(F)(F)F)cnn1Cc1cccnc1. The van der Waals surface area contributed by atoms with Gasteiger partial charge in [-0.05, 0) is 23.8 Å². The summed E-state index contributed by atoms with van der Waals surface area (Å²) in [5.74, 6) is -0.289. The topological polar surface area (TPSA) is 89.9 Å². The van der Waals surface area contributed by atoms with Crippen molar-refractivity contribution in [3.63, 3.8) is 0 Å². The van der Waals surface area contributed by atoms with Gasteiger partial charge in [0.05, 0.1) is 28.5 Å². The molecule has 0 saturated heterocycles. The molecular formula is C18H14F3N5OS. The highest BCUT2D eigenvalue weighted by atomic mass is 32.1. The summed E-state index contributed by atoms with van der Waals surface area (Å²) >= 11 is 0.764. The molecule has 10 heteroatoms. The maximum atomic E-state index is 14.0. The van der Waals surface area contributed by atoms with E-state index in [2.05, 4.69) is 15.1 Å². The highest BCUT2D eigenvalue weighted by Gasteiger charge is 2.60. The molecule has 0 amide bonds. The number of alkyl halides is 3. The lowest BCUT2D eigenvalue weighted by atomic mass is 9.96. The van der Waals surface area contributed by atoms with Gasteiger partial charge in [-0.3, -0.25) is 4.98 Å². The number of pyridine rings is 1. The maximum Gasteiger partial charge on any atom is 0.428 e. The van der Waals surface area contributed by atoms with E-state index < -0.39 is 22.3 Å². The number of benzene rings is 1. The number of nitrogen functional groups attached to an aromatic ring is 1. The Morgan fingerprint density at radius 3 is 2.57 bits per heavy atom. The highest BCUT2D eigenvalue weighted by Crippen LogP contribution is 2.48. The molecule has 0 aliphatic rings. The number of aliphatic hydroxyl groups is 1. The monoisotopic (exact) mass is 405 g/mol. The number of hydrogen-bond donors (Lipinski definition) is 2. The van der Waals surface area contributed by atoms with Gasteiger partial charge in [0.15, 0.2) is 0 Å². The van der Waals surface area contributed by atoms with Gasteiger partial charge >= 0.3 is 6.18 Å². The standard InChI is InChI=1S/C18H14F3N5OS/c19-18(20,21)17(27,16-25-13-5-1-2-6-14(13)28-16)12-9-24-26(15(12)22)10-11-4-3-7-23-8-11/h1-9,27H,10,22H2. The number of halogens is 3. The van der Waals surface area contributed by atoms with Crippen molar-refractivity contribution >= 4 is 27.4 Å². The summed E-state index contributed by atoms with van der Waals surface area (Å²) in [6, 6.07) is 10.0. The fraction of sp³-hybridized carbons (Fsp3) is 0.167. The predicted octanol–water partition coefficient (Wildman–Crippen LogP) is 3.32.